The molecular weight excluding hydrogens is 507 g/mol. The zero-order chi connectivity index (χ0) is 27.6. The Bertz CT molecular complexity index is 1650. The minimum atomic E-state index is -0.345. The number of ether oxygens (including phenoxy) is 1. The lowest BCUT2D eigenvalue weighted by molar-refractivity contribution is 0.249. The molecule has 1 atom stereocenters. The molecule has 0 radical (unpaired) electrons. The Morgan fingerprint density at radius 2 is 1.77 bits per heavy atom. The number of hydrogen-bond acceptors (Lipinski definition) is 5. The number of aromatic nitrogens is 3. The van der Waals surface area contributed by atoms with Crippen LogP contribution in [0.15, 0.2) is 85.2 Å². The average Bonchev–Trinajstić information content (AvgIpc) is 3.20. The molecule has 1 aliphatic carbocycles. The first-order valence-electron chi connectivity index (χ1n) is 13.3. The standard InChI is InChI=1S/C31H29FN6O2/c1-19(20-6-10-22(32)11-7-20)36-30(39)37-23-12-8-21(9-13-23)29-28(33)26-15-14-25(40-31-34-16-3-17-35-31)18-27(26)38(29)24-4-2-5-24/h3,6-19,24H,2,4-5,33H2,1H3,(H2,36,37,39)/t19-/m1/s1. The van der Waals surface area contributed by atoms with Crippen molar-refractivity contribution in [3.63, 3.8) is 0 Å². The van der Waals surface area contributed by atoms with Gasteiger partial charge in [0.2, 0.25) is 0 Å². The van der Waals surface area contributed by atoms with Crippen LogP contribution in [0.3, 0.4) is 0 Å². The van der Waals surface area contributed by atoms with E-state index in [0.717, 1.165) is 40.6 Å². The Hall–Kier alpha value is -4.92. The monoisotopic (exact) mass is 536 g/mol. The number of benzene rings is 3. The molecule has 0 aliphatic heterocycles. The second-order valence-electron chi connectivity index (χ2n) is 9.98. The van der Waals surface area contributed by atoms with E-state index < -0.39 is 0 Å². The van der Waals surface area contributed by atoms with E-state index >= 15 is 0 Å². The number of fused-ring (bicyclic) bond motifs is 1. The van der Waals surface area contributed by atoms with Crippen LogP contribution < -0.4 is 21.1 Å². The average molecular weight is 537 g/mol. The predicted octanol–water partition coefficient (Wildman–Crippen LogP) is 7.22. The lowest BCUT2D eigenvalue weighted by atomic mass is 9.92. The zero-order valence-corrected chi connectivity index (χ0v) is 22.0. The molecule has 40 heavy (non-hydrogen) atoms. The van der Waals surface area contributed by atoms with E-state index in [1.54, 1.807) is 30.6 Å². The number of urea groups is 1. The topological polar surface area (TPSA) is 107 Å². The molecule has 8 nitrogen and oxygen atoms in total. The number of amides is 2. The number of nitrogens with zero attached hydrogens (tertiary/aromatic N) is 3. The molecule has 4 N–H and O–H groups in total. The molecule has 6 rings (SSSR count). The van der Waals surface area contributed by atoms with E-state index in [-0.39, 0.29) is 23.9 Å². The van der Waals surface area contributed by atoms with Crippen LogP contribution >= 0.6 is 0 Å². The second kappa shape index (κ2) is 10.7. The number of nitrogens with two attached hydrogens (primary N) is 1. The highest BCUT2D eigenvalue weighted by Gasteiger charge is 2.27. The molecule has 2 heterocycles. The Morgan fingerprint density at radius 1 is 1.05 bits per heavy atom. The molecule has 2 aromatic heterocycles. The van der Waals surface area contributed by atoms with Gasteiger partial charge in [0.1, 0.15) is 11.6 Å². The Balaban J connectivity index is 1.25. The smallest absolute Gasteiger partial charge is 0.321 e. The first kappa shape index (κ1) is 25.4. The molecule has 0 saturated heterocycles. The fraction of sp³-hybridized carbons (Fsp3) is 0.194. The molecule has 9 heteroatoms. The largest absolute Gasteiger partial charge is 0.424 e. The summed E-state index contributed by atoms with van der Waals surface area (Å²) >= 11 is 0. The summed E-state index contributed by atoms with van der Waals surface area (Å²) in [7, 11) is 0. The number of nitrogens with one attached hydrogen (secondary N) is 2. The number of hydrogen-bond donors (Lipinski definition) is 3. The molecule has 2 amide bonds. The normalized spacial score (nSPS) is 13.9. The van der Waals surface area contributed by atoms with Crippen molar-refractivity contribution < 1.29 is 13.9 Å². The summed E-state index contributed by atoms with van der Waals surface area (Å²) in [6.45, 7) is 1.85. The molecule has 1 aliphatic rings. The van der Waals surface area contributed by atoms with Crippen LogP contribution in [0, 0.1) is 5.82 Å². The molecule has 1 saturated carbocycles. The number of halogens is 1. The van der Waals surface area contributed by atoms with Crippen molar-refractivity contribution in [2.75, 3.05) is 11.1 Å². The summed E-state index contributed by atoms with van der Waals surface area (Å²) in [5.74, 6) is 0.330. The van der Waals surface area contributed by atoms with Gasteiger partial charge in [-0.15, -0.1) is 0 Å². The quantitative estimate of drug-likeness (QED) is 0.204. The third kappa shape index (κ3) is 5.05. The van der Waals surface area contributed by atoms with Crippen LogP contribution in [0.1, 0.15) is 43.8 Å². The van der Waals surface area contributed by atoms with E-state index in [2.05, 4.69) is 25.2 Å². The number of carbonyl (C=O) groups is 1. The highest BCUT2D eigenvalue weighted by atomic mass is 19.1. The maximum absolute atomic E-state index is 13.2. The Kier molecular flexibility index (Phi) is 6.77. The fourth-order valence-corrected chi connectivity index (χ4v) is 5.05. The summed E-state index contributed by atoms with van der Waals surface area (Å²) in [6.07, 6.45) is 6.61. The number of anilines is 2. The molecule has 3 aromatic carbocycles. The van der Waals surface area contributed by atoms with Gasteiger partial charge in [-0.1, -0.05) is 24.3 Å². The predicted molar refractivity (Wildman–Crippen MR) is 154 cm³/mol. The van der Waals surface area contributed by atoms with Gasteiger partial charge in [-0.25, -0.2) is 19.2 Å². The van der Waals surface area contributed by atoms with E-state index in [1.807, 2.05) is 49.4 Å². The van der Waals surface area contributed by atoms with Crippen molar-refractivity contribution in [3.8, 4) is 23.0 Å². The van der Waals surface area contributed by atoms with Crippen LogP contribution in [-0.4, -0.2) is 20.6 Å². The molecule has 0 unspecified atom stereocenters. The van der Waals surface area contributed by atoms with Crippen molar-refractivity contribution in [1.29, 1.82) is 0 Å². The van der Waals surface area contributed by atoms with Gasteiger partial charge < -0.3 is 25.7 Å². The highest BCUT2D eigenvalue weighted by molar-refractivity contribution is 6.02. The maximum atomic E-state index is 13.2. The van der Waals surface area contributed by atoms with Crippen LogP contribution in [-0.2, 0) is 0 Å². The van der Waals surface area contributed by atoms with Gasteiger partial charge in [0.25, 0.3) is 0 Å². The van der Waals surface area contributed by atoms with Gasteiger partial charge in [0.05, 0.1) is 22.9 Å². The lowest BCUT2D eigenvalue weighted by Crippen LogP contribution is -2.31. The fourth-order valence-electron chi connectivity index (χ4n) is 5.05. The van der Waals surface area contributed by atoms with Gasteiger partial charge >= 0.3 is 12.0 Å². The number of nitrogen functional groups attached to an aromatic ring is 1. The minimum absolute atomic E-state index is 0.278. The van der Waals surface area contributed by atoms with Crippen LogP contribution in [0.2, 0.25) is 0 Å². The third-order valence-corrected chi connectivity index (χ3v) is 7.34. The van der Waals surface area contributed by atoms with Gasteiger partial charge in [0.15, 0.2) is 0 Å². The Morgan fingerprint density at radius 3 is 2.45 bits per heavy atom. The van der Waals surface area contributed by atoms with E-state index in [9.17, 15) is 9.18 Å². The summed E-state index contributed by atoms with van der Waals surface area (Å²) in [5, 5.41) is 6.71. The Labute approximate surface area is 231 Å². The number of rotatable bonds is 7. The minimum Gasteiger partial charge on any atom is -0.424 e. The van der Waals surface area contributed by atoms with Crippen molar-refractivity contribution in [1.82, 2.24) is 19.9 Å². The molecule has 5 aromatic rings. The molecule has 202 valence electrons. The lowest BCUT2D eigenvalue weighted by Gasteiger charge is -2.30. The van der Waals surface area contributed by atoms with E-state index in [0.29, 0.717) is 23.2 Å². The van der Waals surface area contributed by atoms with E-state index in [4.69, 9.17) is 10.5 Å². The SMILES string of the molecule is C[C@@H](NC(=O)Nc1ccc(-c2c(N)c3ccc(Oc4ncccn4)cc3n2C2CCC2)cc1)c1ccc(F)cc1. The van der Waals surface area contributed by atoms with Crippen molar-refractivity contribution in [3.05, 3.63) is 96.6 Å². The van der Waals surface area contributed by atoms with Gasteiger partial charge in [-0.05, 0) is 74.2 Å². The first-order valence-corrected chi connectivity index (χ1v) is 13.3. The molecular formula is C31H29FN6O2. The molecule has 0 spiro atoms. The van der Waals surface area contributed by atoms with E-state index in [1.165, 1.54) is 18.6 Å². The maximum Gasteiger partial charge on any atom is 0.321 e. The second-order valence-corrected chi connectivity index (χ2v) is 9.98. The molecule has 1 fully saturated rings. The summed E-state index contributed by atoms with van der Waals surface area (Å²) in [4.78, 5) is 20.9. The van der Waals surface area contributed by atoms with Gasteiger partial charge in [-0.3, -0.25) is 0 Å². The zero-order valence-electron chi connectivity index (χ0n) is 22.0. The molecule has 0 bridgehead atoms. The van der Waals surface area contributed by atoms with Crippen LogP contribution in [0.5, 0.6) is 11.8 Å². The van der Waals surface area contributed by atoms with Crippen LogP contribution in [0.4, 0.5) is 20.6 Å². The van der Waals surface area contributed by atoms with Crippen molar-refractivity contribution in [2.45, 2.75) is 38.3 Å². The van der Waals surface area contributed by atoms with Gasteiger partial charge in [-0.2, -0.15) is 0 Å². The van der Waals surface area contributed by atoms with Crippen LogP contribution in [0.25, 0.3) is 22.2 Å². The van der Waals surface area contributed by atoms with Gasteiger partial charge in [0, 0.05) is 41.1 Å². The highest BCUT2D eigenvalue weighted by Crippen LogP contribution is 2.45. The summed E-state index contributed by atoms with van der Waals surface area (Å²) < 4.78 is 21.4. The first-order chi connectivity index (χ1) is 19.5. The van der Waals surface area contributed by atoms with Crippen molar-refractivity contribution >= 4 is 28.3 Å². The third-order valence-electron chi connectivity index (χ3n) is 7.34. The summed E-state index contributed by atoms with van der Waals surface area (Å²) in [6, 6.07) is 21.3. The van der Waals surface area contributed by atoms with Crippen molar-refractivity contribution in [2.24, 2.45) is 0 Å². The summed E-state index contributed by atoms with van der Waals surface area (Å²) in [5.41, 5.74) is 11.8. The number of carbonyl (C=O) groups excluding carboxylic acids is 1.